The maximum Gasteiger partial charge on any atom is 0.252 e. The van der Waals surface area contributed by atoms with Crippen molar-refractivity contribution in [3.63, 3.8) is 0 Å². The van der Waals surface area contributed by atoms with E-state index in [1.807, 2.05) is 0 Å². The van der Waals surface area contributed by atoms with Gasteiger partial charge in [0, 0.05) is 26.6 Å². The van der Waals surface area contributed by atoms with Gasteiger partial charge in [-0.25, -0.2) is 4.39 Å². The predicted molar refractivity (Wildman–Crippen MR) is 96.1 cm³/mol. The molecule has 132 valence electrons. The zero-order valence-corrected chi connectivity index (χ0v) is 14.7. The third kappa shape index (κ3) is 5.87. The molecule has 0 aliphatic rings. The monoisotopic (exact) mass is 362 g/mol. The van der Waals surface area contributed by atoms with E-state index >= 15 is 0 Å². The first-order valence-corrected chi connectivity index (χ1v) is 8.38. The number of carbonyl (C=O) groups is 2. The number of benzene rings is 2. The molecule has 0 atom stereocenters. The van der Waals surface area contributed by atoms with Gasteiger partial charge >= 0.3 is 0 Å². The molecule has 0 radical (unpaired) electrons. The van der Waals surface area contributed by atoms with E-state index in [0.29, 0.717) is 36.6 Å². The van der Waals surface area contributed by atoms with Gasteiger partial charge in [-0.15, -0.1) is 0 Å². The second-order valence-electron chi connectivity index (χ2n) is 5.62. The van der Waals surface area contributed by atoms with Gasteiger partial charge in [0.05, 0.1) is 10.6 Å². The molecule has 6 heteroatoms. The summed E-state index contributed by atoms with van der Waals surface area (Å²) in [7, 11) is 0. The van der Waals surface area contributed by atoms with Gasteiger partial charge in [0.15, 0.2) is 0 Å². The molecule has 1 N–H and O–H groups in total. The van der Waals surface area contributed by atoms with Crippen molar-refractivity contribution < 1.29 is 14.0 Å². The Morgan fingerprint density at radius 3 is 2.40 bits per heavy atom. The SMILES string of the molecule is CC(=O)N(CCNC(=O)c1ccccc1Cl)CCc1ccc(F)cc1. The van der Waals surface area contributed by atoms with Gasteiger partial charge in [0.2, 0.25) is 5.91 Å². The number of nitrogens with one attached hydrogen (secondary N) is 1. The summed E-state index contributed by atoms with van der Waals surface area (Å²) in [6.07, 6.45) is 0.623. The van der Waals surface area contributed by atoms with Crippen molar-refractivity contribution in [2.45, 2.75) is 13.3 Å². The molecule has 2 rings (SSSR count). The maximum atomic E-state index is 12.9. The average Bonchev–Trinajstić information content (AvgIpc) is 2.59. The van der Waals surface area contributed by atoms with Crippen LogP contribution in [0.4, 0.5) is 4.39 Å². The average molecular weight is 363 g/mol. The lowest BCUT2D eigenvalue weighted by Crippen LogP contribution is -2.38. The topological polar surface area (TPSA) is 49.4 Å². The summed E-state index contributed by atoms with van der Waals surface area (Å²) in [5.41, 5.74) is 1.36. The largest absolute Gasteiger partial charge is 0.350 e. The highest BCUT2D eigenvalue weighted by Crippen LogP contribution is 2.14. The van der Waals surface area contributed by atoms with Crippen molar-refractivity contribution in [1.82, 2.24) is 10.2 Å². The molecule has 0 fully saturated rings. The molecule has 25 heavy (non-hydrogen) atoms. The molecule has 2 aromatic rings. The number of halogens is 2. The van der Waals surface area contributed by atoms with Gasteiger partial charge in [-0.2, -0.15) is 0 Å². The smallest absolute Gasteiger partial charge is 0.252 e. The van der Waals surface area contributed by atoms with E-state index in [9.17, 15) is 14.0 Å². The molecular formula is C19H20ClFN2O2. The van der Waals surface area contributed by atoms with Crippen LogP contribution in [0.1, 0.15) is 22.8 Å². The normalized spacial score (nSPS) is 10.4. The highest BCUT2D eigenvalue weighted by Gasteiger charge is 2.12. The molecule has 0 saturated carbocycles. The van der Waals surface area contributed by atoms with E-state index < -0.39 is 0 Å². The second kappa shape index (κ2) is 9.18. The number of carbonyl (C=O) groups excluding carboxylic acids is 2. The van der Waals surface area contributed by atoms with Crippen LogP contribution in [-0.2, 0) is 11.2 Å². The highest BCUT2D eigenvalue weighted by atomic mass is 35.5. The maximum absolute atomic E-state index is 12.9. The van der Waals surface area contributed by atoms with Crippen LogP contribution in [0.25, 0.3) is 0 Å². The lowest BCUT2D eigenvalue weighted by atomic mass is 10.1. The van der Waals surface area contributed by atoms with E-state index in [4.69, 9.17) is 11.6 Å². The number of nitrogens with zero attached hydrogens (tertiary/aromatic N) is 1. The molecule has 2 aromatic carbocycles. The minimum atomic E-state index is -0.283. The molecule has 2 amide bonds. The van der Waals surface area contributed by atoms with Crippen LogP contribution < -0.4 is 5.32 Å². The highest BCUT2D eigenvalue weighted by molar-refractivity contribution is 6.33. The van der Waals surface area contributed by atoms with Gasteiger partial charge in [-0.1, -0.05) is 35.9 Å². The van der Waals surface area contributed by atoms with Crippen molar-refractivity contribution in [2.24, 2.45) is 0 Å². The quantitative estimate of drug-likeness (QED) is 0.821. The molecule has 0 bridgehead atoms. The number of hydrogen-bond donors (Lipinski definition) is 1. The first-order chi connectivity index (χ1) is 12.0. The molecule has 0 heterocycles. The fraction of sp³-hybridized carbons (Fsp3) is 0.263. The Morgan fingerprint density at radius 1 is 1.08 bits per heavy atom. The van der Waals surface area contributed by atoms with Crippen LogP contribution in [0.15, 0.2) is 48.5 Å². The van der Waals surface area contributed by atoms with Gasteiger partial charge in [0.1, 0.15) is 5.82 Å². The summed E-state index contributed by atoms with van der Waals surface area (Å²) in [6.45, 7) is 2.71. The van der Waals surface area contributed by atoms with Gasteiger partial charge in [-0.05, 0) is 36.2 Å². The fourth-order valence-corrected chi connectivity index (χ4v) is 2.61. The molecule has 0 spiro atoms. The summed E-state index contributed by atoms with van der Waals surface area (Å²) in [4.78, 5) is 25.5. The summed E-state index contributed by atoms with van der Waals surface area (Å²) >= 11 is 5.99. The van der Waals surface area contributed by atoms with E-state index in [1.165, 1.54) is 19.1 Å². The number of amides is 2. The Kier molecular flexibility index (Phi) is 6.95. The van der Waals surface area contributed by atoms with Crippen LogP contribution >= 0.6 is 11.6 Å². The van der Waals surface area contributed by atoms with Crippen molar-refractivity contribution in [3.8, 4) is 0 Å². The lowest BCUT2D eigenvalue weighted by molar-refractivity contribution is -0.128. The predicted octanol–water partition coefficient (Wildman–Crippen LogP) is 3.30. The van der Waals surface area contributed by atoms with Gasteiger partial charge < -0.3 is 10.2 Å². The fourth-order valence-electron chi connectivity index (χ4n) is 2.39. The Morgan fingerprint density at radius 2 is 1.76 bits per heavy atom. The third-order valence-corrected chi connectivity index (χ3v) is 4.14. The van der Waals surface area contributed by atoms with Crippen LogP contribution in [0, 0.1) is 5.82 Å². The lowest BCUT2D eigenvalue weighted by Gasteiger charge is -2.21. The van der Waals surface area contributed by atoms with Crippen LogP contribution in [-0.4, -0.2) is 36.3 Å². The molecule has 0 saturated heterocycles. The molecular weight excluding hydrogens is 343 g/mol. The van der Waals surface area contributed by atoms with E-state index in [2.05, 4.69) is 5.32 Å². The minimum absolute atomic E-state index is 0.0749. The number of hydrogen-bond acceptors (Lipinski definition) is 2. The van der Waals surface area contributed by atoms with Crippen molar-refractivity contribution in [1.29, 1.82) is 0 Å². The summed E-state index contributed by atoms with van der Waals surface area (Å²) < 4.78 is 12.9. The first-order valence-electron chi connectivity index (χ1n) is 8.00. The minimum Gasteiger partial charge on any atom is -0.350 e. The molecule has 0 aliphatic carbocycles. The van der Waals surface area contributed by atoms with Gasteiger partial charge in [-0.3, -0.25) is 9.59 Å². The second-order valence-corrected chi connectivity index (χ2v) is 6.03. The standard InChI is InChI=1S/C19H20ClFN2O2/c1-14(24)23(12-10-15-6-8-16(21)9-7-15)13-11-22-19(25)17-4-2-3-5-18(17)20/h2-9H,10-13H2,1H3,(H,22,25). The van der Waals surface area contributed by atoms with E-state index in [-0.39, 0.29) is 17.6 Å². The van der Waals surface area contributed by atoms with Crippen LogP contribution in [0.5, 0.6) is 0 Å². The summed E-state index contributed by atoms with van der Waals surface area (Å²) in [6, 6.07) is 13.0. The Bertz CT molecular complexity index is 734. The zero-order chi connectivity index (χ0) is 18.2. The summed E-state index contributed by atoms with van der Waals surface area (Å²) in [5, 5.41) is 3.15. The third-order valence-electron chi connectivity index (χ3n) is 3.81. The zero-order valence-electron chi connectivity index (χ0n) is 14.0. The molecule has 0 aliphatic heterocycles. The van der Waals surface area contributed by atoms with Crippen molar-refractivity contribution in [2.75, 3.05) is 19.6 Å². The van der Waals surface area contributed by atoms with E-state index in [1.54, 1.807) is 41.3 Å². The Labute approximate surface area is 151 Å². The number of rotatable bonds is 7. The molecule has 4 nitrogen and oxygen atoms in total. The first kappa shape index (κ1) is 18.9. The van der Waals surface area contributed by atoms with E-state index in [0.717, 1.165) is 5.56 Å². The Balaban J connectivity index is 1.83. The van der Waals surface area contributed by atoms with Crippen molar-refractivity contribution in [3.05, 3.63) is 70.5 Å². The molecule has 0 unspecified atom stereocenters. The van der Waals surface area contributed by atoms with Crippen molar-refractivity contribution >= 4 is 23.4 Å². The van der Waals surface area contributed by atoms with Gasteiger partial charge in [0.25, 0.3) is 5.91 Å². The Hall–Kier alpha value is -2.40. The summed E-state index contributed by atoms with van der Waals surface area (Å²) in [5.74, 6) is -0.629. The van der Waals surface area contributed by atoms with Crippen LogP contribution in [0.3, 0.4) is 0 Å². The molecule has 0 aromatic heterocycles. The van der Waals surface area contributed by atoms with Crippen LogP contribution in [0.2, 0.25) is 5.02 Å².